The Morgan fingerprint density at radius 2 is 2.29 bits per heavy atom. The number of fused-ring (bicyclic) bond motifs is 1. The lowest BCUT2D eigenvalue weighted by Gasteiger charge is -2.03. The van der Waals surface area contributed by atoms with Crippen molar-refractivity contribution in [2.45, 2.75) is 6.92 Å². The predicted octanol–water partition coefficient (Wildman–Crippen LogP) is 3.14. The van der Waals surface area contributed by atoms with Crippen molar-refractivity contribution >= 4 is 21.4 Å². The fourth-order valence-electron chi connectivity index (χ4n) is 1.31. The van der Waals surface area contributed by atoms with Crippen LogP contribution in [0.15, 0.2) is 17.5 Å². The molecule has 14 heavy (non-hydrogen) atoms. The van der Waals surface area contributed by atoms with E-state index in [1.165, 1.54) is 22.8 Å². The summed E-state index contributed by atoms with van der Waals surface area (Å²) in [6, 6.07) is 3.10. The summed E-state index contributed by atoms with van der Waals surface area (Å²) in [5, 5.41) is 11.3. The van der Waals surface area contributed by atoms with Crippen LogP contribution in [0.2, 0.25) is 0 Å². The molecule has 4 heteroatoms. The SMILES string of the molecule is CCOc1cc(O)c2scc(F)c2c1. The molecule has 1 heterocycles. The van der Waals surface area contributed by atoms with Crippen molar-refractivity contribution in [1.29, 1.82) is 0 Å². The van der Waals surface area contributed by atoms with E-state index in [1.807, 2.05) is 6.92 Å². The van der Waals surface area contributed by atoms with E-state index in [1.54, 1.807) is 6.07 Å². The molecule has 1 N–H and O–H groups in total. The summed E-state index contributed by atoms with van der Waals surface area (Å²) < 4.78 is 18.9. The minimum absolute atomic E-state index is 0.0693. The molecule has 0 fully saturated rings. The molecule has 0 spiro atoms. The zero-order valence-electron chi connectivity index (χ0n) is 7.58. The molecule has 0 saturated carbocycles. The smallest absolute Gasteiger partial charge is 0.142 e. The number of rotatable bonds is 2. The second-order valence-electron chi connectivity index (χ2n) is 2.84. The minimum atomic E-state index is -0.318. The van der Waals surface area contributed by atoms with E-state index in [2.05, 4.69) is 0 Å². The number of phenols is 1. The number of phenolic OH excluding ortho intramolecular Hbond substituents is 1. The molecule has 0 bridgehead atoms. The fraction of sp³-hybridized carbons (Fsp3) is 0.200. The standard InChI is InChI=1S/C10H9FO2S/c1-2-13-6-3-7-8(11)5-14-10(7)9(12)4-6/h3-5,12H,2H2,1H3. The first kappa shape index (κ1) is 9.27. The van der Waals surface area contributed by atoms with Crippen LogP contribution in [0, 0.1) is 5.82 Å². The third-order valence-electron chi connectivity index (χ3n) is 1.89. The lowest BCUT2D eigenvalue weighted by molar-refractivity contribution is 0.338. The summed E-state index contributed by atoms with van der Waals surface area (Å²) in [5.74, 6) is 0.247. The molecule has 0 saturated heterocycles. The molecule has 1 aromatic heterocycles. The average molecular weight is 212 g/mol. The molecule has 2 rings (SSSR count). The van der Waals surface area contributed by atoms with Crippen LogP contribution in [0.5, 0.6) is 11.5 Å². The molecule has 2 aromatic rings. The number of thiophene rings is 1. The number of ether oxygens (including phenoxy) is 1. The van der Waals surface area contributed by atoms with Crippen molar-refractivity contribution in [3.05, 3.63) is 23.3 Å². The van der Waals surface area contributed by atoms with Gasteiger partial charge in [0.15, 0.2) is 0 Å². The minimum Gasteiger partial charge on any atom is -0.506 e. The van der Waals surface area contributed by atoms with Crippen LogP contribution in [0.1, 0.15) is 6.92 Å². The maximum absolute atomic E-state index is 13.2. The van der Waals surface area contributed by atoms with Gasteiger partial charge in [-0.2, -0.15) is 0 Å². The van der Waals surface area contributed by atoms with Crippen LogP contribution in [0.25, 0.3) is 10.1 Å². The van der Waals surface area contributed by atoms with Gasteiger partial charge in [0.05, 0.1) is 11.3 Å². The van der Waals surface area contributed by atoms with Gasteiger partial charge in [0, 0.05) is 16.8 Å². The first-order chi connectivity index (χ1) is 6.72. The lowest BCUT2D eigenvalue weighted by Crippen LogP contribution is -1.90. The van der Waals surface area contributed by atoms with Gasteiger partial charge in [0.25, 0.3) is 0 Å². The number of halogens is 1. The van der Waals surface area contributed by atoms with Crippen molar-refractivity contribution in [3.8, 4) is 11.5 Å². The Hall–Kier alpha value is -1.29. The molecule has 0 amide bonds. The third-order valence-corrected chi connectivity index (χ3v) is 2.88. The van der Waals surface area contributed by atoms with Gasteiger partial charge < -0.3 is 9.84 Å². The Bertz CT molecular complexity index is 464. The molecule has 0 aliphatic rings. The maximum atomic E-state index is 13.2. The van der Waals surface area contributed by atoms with Gasteiger partial charge in [-0.15, -0.1) is 11.3 Å². The van der Waals surface area contributed by atoms with Crippen molar-refractivity contribution in [2.24, 2.45) is 0 Å². The van der Waals surface area contributed by atoms with Gasteiger partial charge >= 0.3 is 0 Å². The first-order valence-electron chi connectivity index (χ1n) is 4.25. The maximum Gasteiger partial charge on any atom is 0.142 e. The van der Waals surface area contributed by atoms with Crippen molar-refractivity contribution in [2.75, 3.05) is 6.61 Å². The summed E-state index contributed by atoms with van der Waals surface area (Å²) >= 11 is 1.19. The molecular weight excluding hydrogens is 203 g/mol. The summed E-state index contributed by atoms with van der Waals surface area (Å²) in [4.78, 5) is 0. The summed E-state index contributed by atoms with van der Waals surface area (Å²) in [7, 11) is 0. The number of aromatic hydroxyl groups is 1. The number of hydrogen-bond acceptors (Lipinski definition) is 3. The predicted molar refractivity (Wildman–Crippen MR) is 54.6 cm³/mol. The quantitative estimate of drug-likeness (QED) is 0.828. The topological polar surface area (TPSA) is 29.5 Å². The Morgan fingerprint density at radius 3 is 3.00 bits per heavy atom. The van der Waals surface area contributed by atoms with E-state index in [-0.39, 0.29) is 11.6 Å². The largest absolute Gasteiger partial charge is 0.506 e. The summed E-state index contributed by atoms with van der Waals surface area (Å²) in [5.41, 5.74) is 0. The van der Waals surface area contributed by atoms with Gasteiger partial charge in [-0.3, -0.25) is 0 Å². The van der Waals surface area contributed by atoms with Crippen LogP contribution in [-0.4, -0.2) is 11.7 Å². The van der Waals surface area contributed by atoms with Crippen molar-refractivity contribution in [3.63, 3.8) is 0 Å². The van der Waals surface area contributed by atoms with E-state index in [9.17, 15) is 9.50 Å². The number of hydrogen-bond donors (Lipinski definition) is 1. The van der Waals surface area contributed by atoms with Crippen LogP contribution < -0.4 is 4.74 Å². The Balaban J connectivity index is 2.63. The Labute approximate surface area is 84.6 Å². The van der Waals surface area contributed by atoms with Crippen molar-refractivity contribution < 1.29 is 14.2 Å². The number of benzene rings is 1. The van der Waals surface area contributed by atoms with E-state index < -0.39 is 0 Å². The third kappa shape index (κ3) is 1.42. The van der Waals surface area contributed by atoms with Crippen LogP contribution in [0.4, 0.5) is 4.39 Å². The zero-order chi connectivity index (χ0) is 10.1. The van der Waals surface area contributed by atoms with Gasteiger partial charge in [0.1, 0.15) is 17.3 Å². The normalized spacial score (nSPS) is 10.7. The van der Waals surface area contributed by atoms with E-state index >= 15 is 0 Å². The highest BCUT2D eigenvalue weighted by molar-refractivity contribution is 7.17. The molecule has 2 nitrogen and oxygen atoms in total. The molecule has 0 aliphatic heterocycles. The van der Waals surface area contributed by atoms with Gasteiger partial charge in [-0.05, 0) is 13.0 Å². The van der Waals surface area contributed by atoms with Crippen LogP contribution in [0.3, 0.4) is 0 Å². The summed E-state index contributed by atoms with van der Waals surface area (Å²) in [6.07, 6.45) is 0. The van der Waals surface area contributed by atoms with Gasteiger partial charge in [-0.25, -0.2) is 4.39 Å². The van der Waals surface area contributed by atoms with E-state index in [4.69, 9.17) is 4.74 Å². The van der Waals surface area contributed by atoms with Crippen LogP contribution >= 0.6 is 11.3 Å². The second-order valence-corrected chi connectivity index (χ2v) is 3.72. The average Bonchev–Trinajstić information content (AvgIpc) is 2.49. The van der Waals surface area contributed by atoms with Gasteiger partial charge in [-0.1, -0.05) is 0 Å². The lowest BCUT2D eigenvalue weighted by atomic mass is 10.2. The molecule has 0 unspecified atom stereocenters. The molecule has 0 aliphatic carbocycles. The van der Waals surface area contributed by atoms with Gasteiger partial charge in [0.2, 0.25) is 0 Å². The van der Waals surface area contributed by atoms with E-state index in [0.717, 1.165) is 0 Å². The highest BCUT2D eigenvalue weighted by Crippen LogP contribution is 2.36. The molecular formula is C10H9FO2S. The molecule has 1 aromatic carbocycles. The first-order valence-corrected chi connectivity index (χ1v) is 5.13. The highest BCUT2D eigenvalue weighted by Gasteiger charge is 2.09. The Kier molecular flexibility index (Phi) is 2.29. The zero-order valence-corrected chi connectivity index (χ0v) is 8.40. The monoisotopic (exact) mass is 212 g/mol. The molecule has 0 atom stereocenters. The van der Waals surface area contributed by atoms with Crippen molar-refractivity contribution in [1.82, 2.24) is 0 Å². The Morgan fingerprint density at radius 1 is 1.50 bits per heavy atom. The van der Waals surface area contributed by atoms with Crippen LogP contribution in [-0.2, 0) is 0 Å². The highest BCUT2D eigenvalue weighted by atomic mass is 32.1. The molecule has 74 valence electrons. The molecule has 0 radical (unpaired) electrons. The summed E-state index contributed by atoms with van der Waals surface area (Å²) in [6.45, 7) is 2.34. The second kappa shape index (κ2) is 3.46. The van der Waals surface area contributed by atoms with E-state index in [0.29, 0.717) is 22.4 Å². The fourth-order valence-corrected chi connectivity index (χ4v) is 2.12.